The normalized spacial score (nSPS) is 11.3. The van der Waals surface area contributed by atoms with E-state index in [4.69, 9.17) is 0 Å². The van der Waals surface area contributed by atoms with E-state index in [1.807, 2.05) is 25.1 Å². The molecular formula is C11H18B2O2. The molecule has 1 aromatic rings. The van der Waals surface area contributed by atoms with E-state index >= 15 is 0 Å². The van der Waals surface area contributed by atoms with Crippen LogP contribution in [0.15, 0.2) is 18.2 Å². The minimum Gasteiger partial charge on any atom is -0.423 e. The minimum atomic E-state index is -1.37. The van der Waals surface area contributed by atoms with Gasteiger partial charge in [0.2, 0.25) is 0 Å². The van der Waals surface area contributed by atoms with Gasteiger partial charge in [-0.05, 0) is 12.4 Å². The van der Waals surface area contributed by atoms with Crippen LogP contribution >= 0.6 is 0 Å². The first kappa shape index (κ1) is 12.3. The van der Waals surface area contributed by atoms with Gasteiger partial charge in [-0.15, -0.1) is 0 Å². The monoisotopic (exact) mass is 204 g/mol. The summed E-state index contributed by atoms with van der Waals surface area (Å²) in [6.07, 6.45) is 0. The zero-order valence-electron chi connectivity index (χ0n) is 9.91. The molecule has 2 nitrogen and oxygen atoms in total. The van der Waals surface area contributed by atoms with Crippen molar-refractivity contribution in [2.45, 2.75) is 33.0 Å². The molecule has 0 aliphatic rings. The van der Waals surface area contributed by atoms with Gasteiger partial charge in [0.05, 0.1) is 0 Å². The van der Waals surface area contributed by atoms with Gasteiger partial charge >= 0.3 is 7.12 Å². The fraction of sp³-hybridized carbons (Fsp3) is 0.455. The SMILES string of the molecule is Cc1ccc(BC(C)(C)C)c(B(O)O)c1. The van der Waals surface area contributed by atoms with E-state index in [0.29, 0.717) is 5.46 Å². The highest BCUT2D eigenvalue weighted by atomic mass is 16.4. The molecule has 2 N–H and O–H groups in total. The highest BCUT2D eigenvalue weighted by molar-refractivity contribution is 6.70. The quantitative estimate of drug-likeness (QED) is 0.663. The van der Waals surface area contributed by atoms with Crippen LogP contribution in [0.4, 0.5) is 0 Å². The molecule has 0 spiro atoms. The van der Waals surface area contributed by atoms with Gasteiger partial charge in [0.15, 0.2) is 7.28 Å². The Balaban J connectivity index is 3.06. The molecule has 0 amide bonds. The molecule has 1 rings (SSSR count). The van der Waals surface area contributed by atoms with Gasteiger partial charge in [0, 0.05) is 0 Å². The molecule has 0 fully saturated rings. The maximum absolute atomic E-state index is 9.28. The molecule has 0 heterocycles. The fourth-order valence-corrected chi connectivity index (χ4v) is 1.69. The molecule has 0 aliphatic heterocycles. The number of aryl methyl sites for hydroxylation is 1. The van der Waals surface area contributed by atoms with E-state index in [0.717, 1.165) is 18.3 Å². The smallest absolute Gasteiger partial charge is 0.423 e. The van der Waals surface area contributed by atoms with Gasteiger partial charge in [-0.2, -0.15) is 0 Å². The molecule has 0 radical (unpaired) electrons. The molecule has 0 saturated heterocycles. The van der Waals surface area contributed by atoms with E-state index in [1.54, 1.807) is 0 Å². The van der Waals surface area contributed by atoms with Crippen molar-refractivity contribution in [3.63, 3.8) is 0 Å². The van der Waals surface area contributed by atoms with E-state index in [-0.39, 0.29) is 5.31 Å². The fourth-order valence-electron chi connectivity index (χ4n) is 1.69. The summed E-state index contributed by atoms with van der Waals surface area (Å²) in [4.78, 5) is 0. The molecule has 1 aromatic carbocycles. The molecule has 0 aromatic heterocycles. The average molecular weight is 204 g/mol. The Bertz CT molecular complexity index is 343. The lowest BCUT2D eigenvalue weighted by atomic mass is 9.48. The van der Waals surface area contributed by atoms with Crippen LogP contribution in [0.25, 0.3) is 0 Å². The lowest BCUT2D eigenvalue weighted by molar-refractivity contribution is 0.426. The maximum atomic E-state index is 9.28. The predicted molar refractivity (Wildman–Crippen MR) is 67.5 cm³/mol. The lowest BCUT2D eigenvalue weighted by Gasteiger charge is -2.19. The number of rotatable bonds is 2. The Kier molecular flexibility index (Phi) is 3.63. The summed E-state index contributed by atoms with van der Waals surface area (Å²) in [6, 6.07) is 5.83. The van der Waals surface area contributed by atoms with Gasteiger partial charge in [-0.25, -0.2) is 0 Å². The molecule has 0 bridgehead atoms. The number of hydrogen-bond acceptors (Lipinski definition) is 2. The van der Waals surface area contributed by atoms with Crippen LogP contribution in [0.3, 0.4) is 0 Å². The maximum Gasteiger partial charge on any atom is 0.487 e. The molecule has 0 saturated carbocycles. The van der Waals surface area contributed by atoms with Crippen molar-refractivity contribution in [2.24, 2.45) is 0 Å². The van der Waals surface area contributed by atoms with Crippen LogP contribution < -0.4 is 10.9 Å². The van der Waals surface area contributed by atoms with E-state index in [2.05, 4.69) is 20.8 Å². The van der Waals surface area contributed by atoms with Crippen molar-refractivity contribution in [1.29, 1.82) is 0 Å². The van der Waals surface area contributed by atoms with Crippen LogP contribution in [0, 0.1) is 6.92 Å². The molecular weight excluding hydrogens is 186 g/mol. The zero-order chi connectivity index (χ0) is 11.6. The highest BCUT2D eigenvalue weighted by Crippen LogP contribution is 2.19. The Morgan fingerprint density at radius 2 is 1.80 bits per heavy atom. The molecule has 0 atom stereocenters. The first-order valence-electron chi connectivity index (χ1n) is 5.25. The van der Waals surface area contributed by atoms with Crippen LogP contribution in [-0.2, 0) is 0 Å². The Morgan fingerprint density at radius 1 is 1.20 bits per heavy atom. The first-order chi connectivity index (χ1) is 6.79. The second kappa shape index (κ2) is 4.42. The number of benzene rings is 1. The van der Waals surface area contributed by atoms with Gasteiger partial charge in [-0.3, -0.25) is 0 Å². The molecule has 0 unspecified atom stereocenters. The highest BCUT2D eigenvalue weighted by Gasteiger charge is 2.21. The predicted octanol–water partition coefficient (Wildman–Crippen LogP) is -0.0450. The summed E-state index contributed by atoms with van der Waals surface area (Å²) in [5, 5.41) is 18.7. The molecule has 0 aliphatic carbocycles. The lowest BCUT2D eigenvalue weighted by Crippen LogP contribution is -2.45. The van der Waals surface area contributed by atoms with E-state index < -0.39 is 7.12 Å². The second-order valence-corrected chi connectivity index (χ2v) is 5.31. The standard InChI is InChI=1S/C11H18B2O2/c1-8-5-6-9(12-11(2,3)4)10(7-8)13(14)15/h5-7,12,14-15H,1-4H3. The summed E-state index contributed by atoms with van der Waals surface area (Å²) in [6.45, 7) is 8.37. The molecule has 15 heavy (non-hydrogen) atoms. The van der Waals surface area contributed by atoms with Crippen molar-refractivity contribution in [3.8, 4) is 0 Å². The Morgan fingerprint density at radius 3 is 2.27 bits per heavy atom. The first-order valence-corrected chi connectivity index (χ1v) is 5.25. The summed E-state index contributed by atoms with van der Waals surface area (Å²) in [7, 11) is -0.525. The number of hydrogen-bond donors (Lipinski definition) is 2. The molecule has 4 heteroatoms. The van der Waals surface area contributed by atoms with E-state index in [9.17, 15) is 10.0 Å². The Labute approximate surface area is 92.7 Å². The van der Waals surface area contributed by atoms with Crippen molar-refractivity contribution in [2.75, 3.05) is 0 Å². The Hall–Kier alpha value is -0.730. The van der Waals surface area contributed by atoms with Crippen molar-refractivity contribution in [3.05, 3.63) is 23.8 Å². The average Bonchev–Trinajstić information content (AvgIpc) is 2.05. The van der Waals surface area contributed by atoms with Crippen LogP contribution in [0.2, 0.25) is 5.31 Å². The van der Waals surface area contributed by atoms with Gasteiger partial charge in [-0.1, -0.05) is 55.3 Å². The summed E-state index contributed by atoms with van der Waals surface area (Å²) < 4.78 is 0. The zero-order valence-corrected chi connectivity index (χ0v) is 9.91. The van der Waals surface area contributed by atoms with Gasteiger partial charge < -0.3 is 10.0 Å². The largest absolute Gasteiger partial charge is 0.487 e. The minimum absolute atomic E-state index is 0.152. The topological polar surface area (TPSA) is 40.5 Å². The summed E-state index contributed by atoms with van der Waals surface area (Å²) in [5.74, 6) is 0. The van der Waals surface area contributed by atoms with E-state index in [1.165, 1.54) is 0 Å². The van der Waals surface area contributed by atoms with Gasteiger partial charge in [0.1, 0.15) is 0 Å². The van der Waals surface area contributed by atoms with Crippen molar-refractivity contribution >= 4 is 25.3 Å². The second-order valence-electron chi connectivity index (χ2n) is 5.31. The third-order valence-electron chi connectivity index (χ3n) is 2.30. The van der Waals surface area contributed by atoms with Crippen LogP contribution in [0.5, 0.6) is 0 Å². The third-order valence-corrected chi connectivity index (χ3v) is 2.30. The summed E-state index contributed by atoms with van der Waals surface area (Å²) in [5.41, 5.74) is 2.70. The van der Waals surface area contributed by atoms with Crippen LogP contribution in [0.1, 0.15) is 26.3 Å². The van der Waals surface area contributed by atoms with Crippen LogP contribution in [-0.4, -0.2) is 24.4 Å². The summed E-state index contributed by atoms with van der Waals surface area (Å²) >= 11 is 0. The molecule has 80 valence electrons. The van der Waals surface area contributed by atoms with Gasteiger partial charge in [0.25, 0.3) is 0 Å². The third kappa shape index (κ3) is 3.73. The van der Waals surface area contributed by atoms with Crippen molar-refractivity contribution < 1.29 is 10.0 Å². The van der Waals surface area contributed by atoms with Crippen molar-refractivity contribution in [1.82, 2.24) is 0 Å².